The van der Waals surface area contributed by atoms with Crippen LogP contribution in [-0.2, 0) is 10.0 Å². The van der Waals surface area contributed by atoms with E-state index in [-0.39, 0.29) is 5.75 Å². The van der Waals surface area contributed by atoms with E-state index in [4.69, 9.17) is 0 Å². The Morgan fingerprint density at radius 1 is 1.33 bits per heavy atom. The molecule has 1 aliphatic rings. The molecular weight excluding hydrogens is 360 g/mol. The van der Waals surface area contributed by atoms with Gasteiger partial charge in [0.05, 0.1) is 5.75 Å². The normalized spacial score (nSPS) is 21.5. The van der Waals surface area contributed by atoms with Crippen molar-refractivity contribution < 1.29 is 8.42 Å². The molecule has 1 aromatic rings. The molecule has 1 saturated heterocycles. The Hall–Kier alpha value is -1.60. The van der Waals surface area contributed by atoms with Gasteiger partial charge < -0.3 is 10.2 Å². The molecule has 0 aromatic heterocycles. The van der Waals surface area contributed by atoms with E-state index in [0.717, 1.165) is 31.9 Å². The maximum atomic E-state index is 11.8. The minimum absolute atomic E-state index is 0.146. The Morgan fingerprint density at radius 3 is 2.63 bits per heavy atom. The van der Waals surface area contributed by atoms with Crippen LogP contribution in [0.4, 0.5) is 0 Å². The van der Waals surface area contributed by atoms with Gasteiger partial charge in [0.1, 0.15) is 0 Å². The Bertz CT molecular complexity index is 706. The SMILES string of the molecule is CCS(=O)(=O)N(C)CCCNC(=NC)N1CCC(c2ccccc2)C(C)C1. The number of likely N-dealkylation sites (tertiary alicyclic amines) is 1. The highest BCUT2D eigenvalue weighted by molar-refractivity contribution is 7.89. The van der Waals surface area contributed by atoms with Crippen LogP contribution < -0.4 is 5.32 Å². The highest BCUT2D eigenvalue weighted by atomic mass is 32.2. The summed E-state index contributed by atoms with van der Waals surface area (Å²) in [6.07, 6.45) is 1.87. The molecule has 1 aliphatic heterocycles. The van der Waals surface area contributed by atoms with Gasteiger partial charge in [-0.15, -0.1) is 0 Å². The van der Waals surface area contributed by atoms with Gasteiger partial charge in [-0.2, -0.15) is 0 Å². The fraction of sp³-hybridized carbons (Fsp3) is 0.650. The van der Waals surface area contributed by atoms with Crippen LogP contribution in [0.2, 0.25) is 0 Å². The molecular formula is C20H34N4O2S. The fourth-order valence-electron chi connectivity index (χ4n) is 3.73. The average molecular weight is 395 g/mol. The van der Waals surface area contributed by atoms with E-state index in [1.807, 2.05) is 7.05 Å². The molecule has 0 amide bonds. The largest absolute Gasteiger partial charge is 0.356 e. The molecule has 0 spiro atoms. The predicted octanol–water partition coefficient (Wildman–Crippen LogP) is 2.36. The summed E-state index contributed by atoms with van der Waals surface area (Å²) in [5.41, 5.74) is 1.42. The lowest BCUT2D eigenvalue weighted by atomic mass is 9.82. The van der Waals surface area contributed by atoms with Crippen molar-refractivity contribution in [2.24, 2.45) is 10.9 Å². The minimum Gasteiger partial charge on any atom is -0.356 e. The number of sulfonamides is 1. The first-order valence-electron chi connectivity index (χ1n) is 9.83. The topological polar surface area (TPSA) is 65.0 Å². The van der Waals surface area contributed by atoms with Crippen molar-refractivity contribution in [3.8, 4) is 0 Å². The average Bonchev–Trinajstić information content (AvgIpc) is 2.68. The van der Waals surface area contributed by atoms with Crippen LogP contribution in [0, 0.1) is 5.92 Å². The monoisotopic (exact) mass is 394 g/mol. The van der Waals surface area contributed by atoms with Gasteiger partial charge in [-0.25, -0.2) is 12.7 Å². The molecule has 1 fully saturated rings. The van der Waals surface area contributed by atoms with Crippen LogP contribution in [0.15, 0.2) is 35.3 Å². The summed E-state index contributed by atoms with van der Waals surface area (Å²) in [5.74, 6) is 2.20. The van der Waals surface area contributed by atoms with Crippen LogP contribution in [0.25, 0.3) is 0 Å². The highest BCUT2D eigenvalue weighted by Gasteiger charge is 2.28. The van der Waals surface area contributed by atoms with Gasteiger partial charge >= 0.3 is 0 Å². The van der Waals surface area contributed by atoms with E-state index >= 15 is 0 Å². The maximum Gasteiger partial charge on any atom is 0.213 e. The van der Waals surface area contributed by atoms with Crippen molar-refractivity contribution in [2.75, 3.05) is 46.0 Å². The van der Waals surface area contributed by atoms with E-state index < -0.39 is 10.0 Å². The molecule has 0 saturated carbocycles. The van der Waals surface area contributed by atoms with Crippen LogP contribution in [-0.4, -0.2) is 69.6 Å². The van der Waals surface area contributed by atoms with E-state index in [1.54, 1.807) is 14.0 Å². The fourth-order valence-corrected chi connectivity index (χ4v) is 4.58. The molecule has 1 heterocycles. The van der Waals surface area contributed by atoms with E-state index in [2.05, 4.69) is 52.5 Å². The summed E-state index contributed by atoms with van der Waals surface area (Å²) < 4.78 is 25.0. The number of guanidine groups is 1. The lowest BCUT2D eigenvalue weighted by molar-refractivity contribution is 0.234. The summed E-state index contributed by atoms with van der Waals surface area (Å²) in [6, 6.07) is 10.8. The number of nitrogens with zero attached hydrogens (tertiary/aromatic N) is 3. The number of hydrogen-bond acceptors (Lipinski definition) is 3. The van der Waals surface area contributed by atoms with Crippen LogP contribution in [0.3, 0.4) is 0 Å². The molecule has 2 rings (SSSR count). The Kier molecular flexibility index (Phi) is 8.10. The summed E-state index contributed by atoms with van der Waals surface area (Å²) in [7, 11) is 0.352. The van der Waals surface area contributed by atoms with Gasteiger partial charge in [0.25, 0.3) is 0 Å². The zero-order chi connectivity index (χ0) is 19.9. The summed E-state index contributed by atoms with van der Waals surface area (Å²) in [5, 5.41) is 3.39. The number of benzene rings is 1. The Morgan fingerprint density at radius 2 is 2.04 bits per heavy atom. The van der Waals surface area contributed by atoms with Crippen molar-refractivity contribution in [2.45, 2.75) is 32.6 Å². The van der Waals surface area contributed by atoms with Crippen molar-refractivity contribution >= 4 is 16.0 Å². The van der Waals surface area contributed by atoms with Crippen LogP contribution >= 0.6 is 0 Å². The highest BCUT2D eigenvalue weighted by Crippen LogP contribution is 2.32. The first kappa shape index (κ1) is 21.7. The smallest absolute Gasteiger partial charge is 0.213 e. The first-order valence-corrected chi connectivity index (χ1v) is 11.4. The number of nitrogens with one attached hydrogen (secondary N) is 1. The second kappa shape index (κ2) is 10.1. The lowest BCUT2D eigenvalue weighted by Gasteiger charge is -2.39. The Balaban J connectivity index is 1.81. The molecule has 6 nitrogen and oxygen atoms in total. The molecule has 2 atom stereocenters. The summed E-state index contributed by atoms with van der Waals surface area (Å²) in [4.78, 5) is 6.74. The molecule has 1 N–H and O–H groups in total. The number of piperidine rings is 1. The molecule has 152 valence electrons. The Labute approximate surface area is 164 Å². The number of rotatable bonds is 7. The number of aliphatic imine (C=N–C) groups is 1. The first-order chi connectivity index (χ1) is 12.9. The van der Waals surface area contributed by atoms with Gasteiger partial charge in [-0.05, 0) is 37.2 Å². The zero-order valence-electron chi connectivity index (χ0n) is 17.1. The van der Waals surface area contributed by atoms with Crippen LogP contribution in [0.1, 0.15) is 38.2 Å². The second-order valence-corrected chi connectivity index (χ2v) is 9.64. The molecule has 0 bridgehead atoms. The molecule has 1 aromatic carbocycles. The minimum atomic E-state index is -3.10. The van der Waals surface area contributed by atoms with E-state index in [1.165, 1.54) is 9.87 Å². The third-order valence-electron chi connectivity index (χ3n) is 5.42. The molecule has 7 heteroatoms. The molecule has 0 aliphatic carbocycles. The zero-order valence-corrected chi connectivity index (χ0v) is 17.9. The quantitative estimate of drug-likeness (QED) is 0.438. The molecule has 27 heavy (non-hydrogen) atoms. The van der Waals surface area contributed by atoms with Gasteiger partial charge in [0.15, 0.2) is 5.96 Å². The van der Waals surface area contributed by atoms with Gasteiger partial charge in [-0.3, -0.25) is 4.99 Å². The van der Waals surface area contributed by atoms with Gasteiger partial charge in [0, 0.05) is 40.3 Å². The van der Waals surface area contributed by atoms with Crippen molar-refractivity contribution in [3.63, 3.8) is 0 Å². The molecule has 0 radical (unpaired) electrons. The third-order valence-corrected chi connectivity index (χ3v) is 7.28. The van der Waals surface area contributed by atoms with Crippen LogP contribution in [0.5, 0.6) is 0 Å². The predicted molar refractivity (Wildman–Crippen MR) is 113 cm³/mol. The summed E-state index contributed by atoms with van der Waals surface area (Å²) in [6.45, 7) is 7.17. The second-order valence-electron chi connectivity index (χ2n) is 7.28. The third kappa shape index (κ3) is 5.94. The molecule has 2 unspecified atom stereocenters. The van der Waals surface area contributed by atoms with Crippen molar-refractivity contribution in [1.29, 1.82) is 0 Å². The van der Waals surface area contributed by atoms with Gasteiger partial charge in [0.2, 0.25) is 10.0 Å². The standard InChI is InChI=1S/C20H34N4O2S/c1-5-27(25,26)23(4)14-9-13-22-20(21-3)24-15-12-19(17(2)16-24)18-10-7-6-8-11-18/h6-8,10-11,17,19H,5,9,12-16H2,1-4H3,(H,21,22). The van der Waals surface area contributed by atoms with E-state index in [0.29, 0.717) is 24.9 Å². The lowest BCUT2D eigenvalue weighted by Crippen LogP contribution is -2.48. The van der Waals surface area contributed by atoms with Crippen molar-refractivity contribution in [3.05, 3.63) is 35.9 Å². The number of hydrogen-bond donors (Lipinski definition) is 1. The summed E-state index contributed by atoms with van der Waals surface area (Å²) >= 11 is 0. The van der Waals surface area contributed by atoms with E-state index in [9.17, 15) is 8.42 Å². The van der Waals surface area contributed by atoms with Gasteiger partial charge in [-0.1, -0.05) is 37.3 Å². The van der Waals surface area contributed by atoms with Crippen molar-refractivity contribution in [1.82, 2.24) is 14.5 Å². The maximum absolute atomic E-state index is 11.8.